The Morgan fingerprint density at radius 1 is 0.811 bits per heavy atom. The third kappa shape index (κ3) is 5.03. The van der Waals surface area contributed by atoms with E-state index in [1.165, 1.54) is 0 Å². The molecule has 2 nitrogen and oxygen atoms in total. The van der Waals surface area contributed by atoms with E-state index in [9.17, 15) is 30.7 Å². The van der Waals surface area contributed by atoms with Crippen molar-refractivity contribution >= 4 is 21.6 Å². The van der Waals surface area contributed by atoms with Gasteiger partial charge in [0.25, 0.3) is 0 Å². The van der Waals surface area contributed by atoms with Crippen LogP contribution >= 0.6 is 11.3 Å². The lowest BCUT2D eigenvalue weighted by Crippen LogP contribution is -2.26. The highest BCUT2D eigenvalue weighted by atomic mass is 32.1. The Hall–Kier alpha value is -3.14. The maximum absolute atomic E-state index is 14.8. The molecular formula is C27H20F7NOS. The lowest BCUT2D eigenvalue weighted by atomic mass is 9.78. The molecule has 1 saturated carbocycles. The number of ether oxygens (including phenoxy) is 1. The predicted molar refractivity (Wildman–Crippen MR) is 126 cm³/mol. The highest BCUT2D eigenvalue weighted by Crippen LogP contribution is 2.44. The number of fused-ring (bicyclic) bond motifs is 1. The number of benzene rings is 3. The van der Waals surface area contributed by atoms with Crippen LogP contribution in [0.25, 0.3) is 10.2 Å². The summed E-state index contributed by atoms with van der Waals surface area (Å²) in [6, 6.07) is 8.08. The molecule has 0 saturated heterocycles. The fraction of sp³-hybridized carbons (Fsp3) is 0.296. The number of hydrogen-bond donors (Lipinski definition) is 0. The first kappa shape index (κ1) is 25.5. The average molecular weight is 540 g/mol. The highest BCUT2D eigenvalue weighted by Gasteiger charge is 2.42. The molecule has 1 fully saturated rings. The zero-order valence-electron chi connectivity index (χ0n) is 19.4. The third-order valence-corrected chi connectivity index (χ3v) is 7.85. The molecule has 0 N–H and O–H groups in total. The average Bonchev–Trinajstić information content (AvgIpc) is 3.25. The molecular weight excluding hydrogens is 519 g/mol. The molecule has 0 aliphatic heterocycles. The first-order valence-electron chi connectivity index (χ1n) is 11.6. The van der Waals surface area contributed by atoms with E-state index in [2.05, 4.69) is 10.8 Å². The van der Waals surface area contributed by atoms with Crippen molar-refractivity contribution in [2.75, 3.05) is 0 Å². The minimum Gasteiger partial charge on any atom is -0.429 e. The largest absolute Gasteiger partial charge is 0.432 e. The van der Waals surface area contributed by atoms with Crippen LogP contribution in [0.1, 0.15) is 59.2 Å². The number of aromatic nitrogens is 1. The molecule has 194 valence electrons. The summed E-state index contributed by atoms with van der Waals surface area (Å²) in [6.07, 6.45) is -1.95. The van der Waals surface area contributed by atoms with Gasteiger partial charge < -0.3 is 4.74 Å². The molecule has 37 heavy (non-hydrogen) atoms. The van der Waals surface area contributed by atoms with Crippen LogP contribution in [0.15, 0.2) is 42.5 Å². The second kappa shape index (κ2) is 9.63. The maximum atomic E-state index is 14.8. The van der Waals surface area contributed by atoms with Gasteiger partial charge in [0, 0.05) is 18.1 Å². The van der Waals surface area contributed by atoms with Gasteiger partial charge in [-0.05, 0) is 73.9 Å². The van der Waals surface area contributed by atoms with Gasteiger partial charge in [-0.15, -0.1) is 11.3 Å². The summed E-state index contributed by atoms with van der Waals surface area (Å²) in [5.74, 6) is -9.69. The van der Waals surface area contributed by atoms with Crippen LogP contribution < -0.4 is 4.74 Å². The Balaban J connectivity index is 1.32. The van der Waals surface area contributed by atoms with Crippen molar-refractivity contribution in [1.29, 1.82) is 0 Å². The van der Waals surface area contributed by atoms with Gasteiger partial charge in [-0.25, -0.2) is 26.9 Å². The number of rotatable bonds is 5. The Labute approximate surface area is 211 Å². The summed E-state index contributed by atoms with van der Waals surface area (Å²) in [5.41, 5.74) is 0.625. The van der Waals surface area contributed by atoms with Gasteiger partial charge in [0.05, 0.1) is 15.2 Å². The highest BCUT2D eigenvalue weighted by molar-refractivity contribution is 7.18. The second-order valence-electron chi connectivity index (χ2n) is 9.25. The van der Waals surface area contributed by atoms with Crippen LogP contribution in [0.3, 0.4) is 0 Å². The molecule has 1 heterocycles. The number of thiazole rings is 1. The summed E-state index contributed by atoms with van der Waals surface area (Å²) >= 11 is 1.63. The monoisotopic (exact) mass is 539 g/mol. The van der Waals surface area contributed by atoms with E-state index in [0.29, 0.717) is 12.8 Å². The molecule has 0 atom stereocenters. The smallest absolute Gasteiger partial charge is 0.429 e. The summed E-state index contributed by atoms with van der Waals surface area (Å²) in [4.78, 5) is 4.73. The van der Waals surface area contributed by atoms with Gasteiger partial charge >= 0.3 is 6.11 Å². The second-order valence-corrected chi connectivity index (χ2v) is 10.3. The lowest BCUT2D eigenvalue weighted by Gasteiger charge is -2.28. The summed E-state index contributed by atoms with van der Waals surface area (Å²) < 4.78 is 104. The van der Waals surface area contributed by atoms with Crippen LogP contribution in [0.2, 0.25) is 0 Å². The van der Waals surface area contributed by atoms with Gasteiger partial charge in [-0.1, -0.05) is 6.07 Å². The van der Waals surface area contributed by atoms with Crippen molar-refractivity contribution in [3.8, 4) is 5.75 Å². The minimum absolute atomic E-state index is 0.168. The van der Waals surface area contributed by atoms with Crippen molar-refractivity contribution in [1.82, 2.24) is 4.98 Å². The number of hydrogen-bond acceptors (Lipinski definition) is 3. The van der Waals surface area contributed by atoms with Crippen molar-refractivity contribution in [3.63, 3.8) is 0 Å². The molecule has 0 unspecified atom stereocenters. The van der Waals surface area contributed by atoms with Gasteiger partial charge in [-0.3, -0.25) is 0 Å². The van der Waals surface area contributed by atoms with Crippen molar-refractivity contribution in [2.24, 2.45) is 0 Å². The van der Waals surface area contributed by atoms with Gasteiger partial charge in [0.15, 0.2) is 17.5 Å². The molecule has 1 aromatic heterocycles. The quantitative estimate of drug-likeness (QED) is 0.187. The zero-order chi connectivity index (χ0) is 26.5. The first-order valence-corrected chi connectivity index (χ1v) is 12.4. The van der Waals surface area contributed by atoms with E-state index in [0.717, 1.165) is 45.8 Å². The molecule has 0 radical (unpaired) electrons. The van der Waals surface area contributed by atoms with E-state index in [4.69, 9.17) is 4.98 Å². The van der Waals surface area contributed by atoms with Gasteiger partial charge in [0.1, 0.15) is 22.9 Å². The first-order chi connectivity index (χ1) is 17.5. The Morgan fingerprint density at radius 3 is 2.03 bits per heavy atom. The fourth-order valence-corrected chi connectivity index (χ4v) is 6.03. The summed E-state index contributed by atoms with van der Waals surface area (Å²) in [5, 5.41) is 1.01. The van der Waals surface area contributed by atoms with Crippen LogP contribution in [0.5, 0.6) is 5.75 Å². The van der Waals surface area contributed by atoms with Crippen molar-refractivity contribution in [3.05, 3.63) is 93.2 Å². The zero-order valence-corrected chi connectivity index (χ0v) is 20.3. The number of halogens is 7. The Bertz CT molecular complexity index is 1430. The molecule has 5 rings (SSSR count). The molecule has 0 bridgehead atoms. The number of aryl methyl sites for hydroxylation is 1. The SMILES string of the molecule is Cc1ccc2nc(C3CCC(c4cc(F)c(C(F)(F)Oc5cc(F)c(F)c(F)c5)c(F)c4)CC3)sc2c1. The van der Waals surface area contributed by atoms with Crippen LogP contribution in [-0.2, 0) is 6.11 Å². The summed E-state index contributed by atoms with van der Waals surface area (Å²) in [7, 11) is 0. The van der Waals surface area contributed by atoms with Gasteiger partial charge in [-0.2, -0.15) is 8.78 Å². The lowest BCUT2D eigenvalue weighted by molar-refractivity contribution is -0.189. The van der Waals surface area contributed by atoms with E-state index >= 15 is 0 Å². The van der Waals surface area contributed by atoms with E-state index < -0.39 is 46.5 Å². The minimum atomic E-state index is -4.60. The third-order valence-electron chi connectivity index (χ3n) is 6.67. The molecule has 3 aromatic carbocycles. The normalized spacial score (nSPS) is 18.4. The molecule has 4 aromatic rings. The molecule has 10 heteroatoms. The van der Waals surface area contributed by atoms with E-state index in [1.807, 2.05) is 19.1 Å². The Morgan fingerprint density at radius 2 is 1.41 bits per heavy atom. The number of nitrogens with zero attached hydrogens (tertiary/aromatic N) is 1. The standard InChI is InChI=1S/C27H20F7NOS/c1-13-2-7-22-23(8-13)37-26(35-22)15-5-3-14(4-6-15)16-9-18(28)24(19(29)10-16)27(33,34)36-17-11-20(30)25(32)21(31)12-17/h2,7-12,14-15H,3-6H2,1H3. The fourth-order valence-electron chi connectivity index (χ4n) is 4.79. The molecule has 1 aliphatic rings. The van der Waals surface area contributed by atoms with Crippen LogP contribution in [-0.4, -0.2) is 4.98 Å². The van der Waals surface area contributed by atoms with Crippen LogP contribution in [0.4, 0.5) is 30.7 Å². The topological polar surface area (TPSA) is 22.1 Å². The maximum Gasteiger partial charge on any atom is 0.432 e. The molecule has 1 aliphatic carbocycles. The molecule has 0 spiro atoms. The predicted octanol–water partition coefficient (Wildman–Crippen LogP) is 8.87. The van der Waals surface area contributed by atoms with Crippen molar-refractivity contribution in [2.45, 2.75) is 50.6 Å². The van der Waals surface area contributed by atoms with Crippen molar-refractivity contribution < 1.29 is 35.5 Å². The van der Waals surface area contributed by atoms with E-state index in [1.54, 1.807) is 11.3 Å². The number of alkyl halides is 2. The summed E-state index contributed by atoms with van der Waals surface area (Å²) in [6.45, 7) is 2.01. The van der Waals surface area contributed by atoms with E-state index in [-0.39, 0.29) is 29.5 Å². The van der Waals surface area contributed by atoms with Gasteiger partial charge in [0.2, 0.25) is 0 Å². The van der Waals surface area contributed by atoms with Crippen LogP contribution in [0, 0.1) is 36.0 Å². The molecule has 0 amide bonds. The Kier molecular flexibility index (Phi) is 6.64.